The van der Waals surface area contributed by atoms with Crippen LogP contribution >= 0.6 is 0 Å². The van der Waals surface area contributed by atoms with Crippen molar-refractivity contribution in [3.05, 3.63) is 65.2 Å². The average Bonchev–Trinajstić information content (AvgIpc) is 2.74. The molecular weight excluding hydrogens is 378 g/mol. The van der Waals surface area contributed by atoms with Gasteiger partial charge in [-0.15, -0.1) is 0 Å². The Bertz CT molecular complexity index is 989. The fraction of sp³-hybridized carbons (Fsp3) is 0.300. The molecule has 0 aliphatic carbocycles. The minimum atomic E-state index is -3.77. The summed E-state index contributed by atoms with van der Waals surface area (Å²) in [7, 11) is -2.16. The molecule has 0 spiro atoms. The average molecular weight is 399 g/mol. The number of carbonyl (C=O) groups is 1. The summed E-state index contributed by atoms with van der Waals surface area (Å²) in [5.74, 6) is -0.126. The van der Waals surface area contributed by atoms with Gasteiger partial charge in [-0.3, -0.25) is 4.79 Å². The van der Waals surface area contributed by atoms with Crippen LogP contribution < -0.4 is 0 Å². The van der Waals surface area contributed by atoms with Crippen molar-refractivity contribution >= 4 is 15.9 Å². The highest BCUT2D eigenvalue weighted by Crippen LogP contribution is 2.21. The zero-order chi connectivity index (χ0) is 20.1. The van der Waals surface area contributed by atoms with E-state index in [1.54, 1.807) is 36.3 Å². The number of nitrogens with zero attached hydrogens (tertiary/aromatic N) is 3. The van der Waals surface area contributed by atoms with E-state index in [-0.39, 0.29) is 29.5 Å². The molecule has 0 unspecified atom stereocenters. The van der Waals surface area contributed by atoms with E-state index in [2.05, 4.69) is 0 Å². The first-order chi connectivity index (χ1) is 13.5. The van der Waals surface area contributed by atoms with Gasteiger partial charge in [0.2, 0.25) is 10.0 Å². The summed E-state index contributed by atoms with van der Waals surface area (Å²) in [4.78, 5) is 14.3. The first-order valence-corrected chi connectivity index (χ1v) is 10.3. The third-order valence-electron chi connectivity index (χ3n) is 4.66. The lowest BCUT2D eigenvalue weighted by molar-refractivity contribution is 0.0698. The van der Waals surface area contributed by atoms with Gasteiger partial charge in [0.05, 0.1) is 17.1 Å². The number of rotatable bonds is 5. The predicted molar refractivity (Wildman–Crippen MR) is 103 cm³/mol. The summed E-state index contributed by atoms with van der Waals surface area (Å²) in [6.07, 6.45) is 0. The number of amides is 1. The topological polar surface area (TPSA) is 90.7 Å². The van der Waals surface area contributed by atoms with Crippen LogP contribution in [0.1, 0.15) is 21.5 Å². The summed E-state index contributed by atoms with van der Waals surface area (Å²) in [6.45, 7) is 1.46. The molecule has 0 saturated carbocycles. The Kier molecular flexibility index (Phi) is 6.09. The van der Waals surface area contributed by atoms with Crippen molar-refractivity contribution in [2.45, 2.75) is 11.5 Å². The van der Waals surface area contributed by atoms with Crippen molar-refractivity contribution < 1.29 is 17.9 Å². The zero-order valence-corrected chi connectivity index (χ0v) is 16.4. The largest absolute Gasteiger partial charge is 0.380 e. The maximum Gasteiger partial charge on any atom is 0.253 e. The van der Waals surface area contributed by atoms with Crippen molar-refractivity contribution in [2.24, 2.45) is 0 Å². The second-order valence-corrected chi connectivity index (χ2v) is 8.34. The number of piperazine rings is 1. The van der Waals surface area contributed by atoms with Gasteiger partial charge in [0.15, 0.2) is 0 Å². The highest BCUT2D eigenvalue weighted by atomic mass is 32.2. The molecule has 1 saturated heterocycles. The van der Waals surface area contributed by atoms with E-state index in [4.69, 9.17) is 4.74 Å². The maximum atomic E-state index is 12.9. The van der Waals surface area contributed by atoms with Gasteiger partial charge in [-0.1, -0.05) is 24.3 Å². The highest BCUT2D eigenvalue weighted by molar-refractivity contribution is 7.89. The molecule has 1 aliphatic heterocycles. The zero-order valence-electron chi connectivity index (χ0n) is 15.5. The lowest BCUT2D eigenvalue weighted by Crippen LogP contribution is -2.50. The minimum Gasteiger partial charge on any atom is -0.380 e. The molecule has 2 aromatic carbocycles. The molecule has 1 amide bonds. The maximum absolute atomic E-state index is 12.9. The Morgan fingerprint density at radius 3 is 2.32 bits per heavy atom. The van der Waals surface area contributed by atoms with Crippen molar-refractivity contribution in [2.75, 3.05) is 33.3 Å². The Labute approximate surface area is 164 Å². The minimum absolute atomic E-state index is 0.00556. The van der Waals surface area contributed by atoms with Crippen LogP contribution in [0.15, 0.2) is 53.4 Å². The number of hydrogen-bond donors (Lipinski definition) is 0. The smallest absolute Gasteiger partial charge is 0.253 e. The summed E-state index contributed by atoms with van der Waals surface area (Å²) < 4.78 is 32.1. The molecule has 7 nitrogen and oxygen atoms in total. The molecular formula is C20H21N3O4S. The Morgan fingerprint density at radius 1 is 1.07 bits per heavy atom. The van der Waals surface area contributed by atoms with Gasteiger partial charge in [0.25, 0.3) is 5.91 Å². The summed E-state index contributed by atoms with van der Waals surface area (Å²) in [6, 6.07) is 15.3. The van der Waals surface area contributed by atoms with Crippen molar-refractivity contribution in [3.63, 3.8) is 0 Å². The highest BCUT2D eigenvalue weighted by Gasteiger charge is 2.31. The molecule has 0 atom stereocenters. The van der Waals surface area contributed by atoms with E-state index in [1.165, 1.54) is 16.4 Å². The lowest BCUT2D eigenvalue weighted by Gasteiger charge is -2.34. The fourth-order valence-electron chi connectivity index (χ4n) is 3.15. The molecule has 3 rings (SSSR count). The molecule has 1 heterocycles. The monoisotopic (exact) mass is 399 g/mol. The van der Waals surface area contributed by atoms with E-state index in [9.17, 15) is 18.5 Å². The SMILES string of the molecule is COCc1ccc(C(=O)N2CCN(S(=O)(=O)c3ccccc3C#N)CC2)cc1. The van der Waals surface area contributed by atoms with Crippen LogP contribution in [-0.4, -0.2) is 56.8 Å². The summed E-state index contributed by atoms with van der Waals surface area (Å²) in [5, 5.41) is 9.18. The van der Waals surface area contributed by atoms with Crippen LogP contribution in [0.3, 0.4) is 0 Å². The molecule has 2 aromatic rings. The lowest BCUT2D eigenvalue weighted by atomic mass is 10.1. The molecule has 0 radical (unpaired) electrons. The molecule has 0 aromatic heterocycles. The second kappa shape index (κ2) is 8.52. The normalized spacial score (nSPS) is 15.2. The van der Waals surface area contributed by atoms with Gasteiger partial charge in [-0.05, 0) is 29.8 Å². The van der Waals surface area contributed by atoms with Crippen molar-refractivity contribution in [3.8, 4) is 6.07 Å². The van der Waals surface area contributed by atoms with Crippen molar-refractivity contribution in [1.82, 2.24) is 9.21 Å². The van der Waals surface area contributed by atoms with E-state index in [1.807, 2.05) is 18.2 Å². The molecule has 1 aliphatic rings. The molecule has 8 heteroatoms. The summed E-state index contributed by atoms with van der Waals surface area (Å²) >= 11 is 0. The standard InChI is InChI=1S/C20H21N3O4S/c1-27-15-16-6-8-17(9-7-16)20(24)22-10-12-23(13-11-22)28(25,26)19-5-3-2-4-18(19)14-21/h2-9H,10-13,15H2,1H3. The van der Waals surface area contributed by atoms with Gasteiger partial charge >= 0.3 is 0 Å². The summed E-state index contributed by atoms with van der Waals surface area (Å²) in [5.41, 5.74) is 1.66. The number of carbonyl (C=O) groups excluding carboxylic acids is 1. The van der Waals surface area contributed by atoms with Crippen LogP contribution in [-0.2, 0) is 21.4 Å². The fourth-order valence-corrected chi connectivity index (χ4v) is 4.71. The van der Waals surface area contributed by atoms with Gasteiger partial charge in [-0.2, -0.15) is 9.57 Å². The van der Waals surface area contributed by atoms with E-state index >= 15 is 0 Å². The first-order valence-electron chi connectivity index (χ1n) is 8.84. The van der Waals surface area contributed by atoms with Crippen molar-refractivity contribution in [1.29, 1.82) is 5.26 Å². The first kappa shape index (κ1) is 20.0. The van der Waals surface area contributed by atoms with E-state index < -0.39 is 10.0 Å². The number of ether oxygens (including phenoxy) is 1. The Balaban J connectivity index is 1.68. The van der Waals surface area contributed by atoms with Gasteiger partial charge in [-0.25, -0.2) is 8.42 Å². The third-order valence-corrected chi connectivity index (χ3v) is 6.62. The Morgan fingerprint density at radius 2 is 1.71 bits per heavy atom. The molecule has 0 bridgehead atoms. The third kappa shape index (κ3) is 4.07. The number of benzene rings is 2. The van der Waals surface area contributed by atoms with Gasteiger partial charge in [0, 0.05) is 38.9 Å². The van der Waals surface area contributed by atoms with Crippen LogP contribution in [0, 0.1) is 11.3 Å². The van der Waals surface area contributed by atoms with Crippen LogP contribution in [0.4, 0.5) is 0 Å². The molecule has 146 valence electrons. The Hall–Kier alpha value is -2.73. The van der Waals surface area contributed by atoms with Gasteiger partial charge < -0.3 is 9.64 Å². The quantitative estimate of drug-likeness (QED) is 0.765. The van der Waals surface area contributed by atoms with E-state index in [0.717, 1.165) is 5.56 Å². The predicted octanol–water partition coefficient (Wildman–Crippen LogP) is 1.85. The number of methoxy groups -OCH3 is 1. The van der Waals surface area contributed by atoms with Crippen LogP contribution in [0.2, 0.25) is 0 Å². The number of hydrogen-bond acceptors (Lipinski definition) is 5. The number of nitriles is 1. The van der Waals surface area contributed by atoms with Crippen LogP contribution in [0.25, 0.3) is 0 Å². The molecule has 28 heavy (non-hydrogen) atoms. The molecule has 0 N–H and O–H groups in total. The van der Waals surface area contributed by atoms with E-state index in [0.29, 0.717) is 25.3 Å². The number of sulfonamides is 1. The van der Waals surface area contributed by atoms with Gasteiger partial charge in [0.1, 0.15) is 6.07 Å². The second-order valence-electron chi connectivity index (χ2n) is 6.43. The molecule has 1 fully saturated rings. The van der Waals surface area contributed by atoms with Crippen LogP contribution in [0.5, 0.6) is 0 Å².